The molecule has 172 valence electrons. The number of hydrogen-bond acceptors (Lipinski definition) is 3. The van der Waals surface area contributed by atoms with Crippen LogP contribution in [-0.4, -0.2) is 52.8 Å². The molecule has 0 bridgehead atoms. The lowest BCUT2D eigenvalue weighted by Crippen LogP contribution is -2.50. The van der Waals surface area contributed by atoms with E-state index in [-0.39, 0.29) is 23.6 Å². The molecule has 0 radical (unpaired) electrons. The fourth-order valence-electron chi connectivity index (χ4n) is 4.33. The number of nitrogens with one attached hydrogen (secondary N) is 1. The molecule has 1 aliphatic rings. The molecule has 0 saturated carbocycles. The number of carbonyl (C=O) groups is 2. The Morgan fingerprint density at radius 2 is 1.52 bits per heavy atom. The topological polar surface area (TPSA) is 73.5 Å². The van der Waals surface area contributed by atoms with E-state index >= 15 is 0 Å². The van der Waals surface area contributed by atoms with Gasteiger partial charge in [0, 0.05) is 44.7 Å². The average Bonchev–Trinajstić information content (AvgIpc) is 2.84. The smallest absolute Gasteiger partial charge is 0.259 e. The van der Waals surface area contributed by atoms with Gasteiger partial charge < -0.3 is 14.8 Å². The molecule has 2 heterocycles. The van der Waals surface area contributed by atoms with Crippen molar-refractivity contribution in [3.63, 3.8) is 0 Å². The van der Waals surface area contributed by atoms with Crippen LogP contribution in [0.1, 0.15) is 29.7 Å². The molecule has 7 heteroatoms. The van der Waals surface area contributed by atoms with Crippen LogP contribution in [0.25, 0.3) is 10.8 Å². The van der Waals surface area contributed by atoms with Crippen LogP contribution in [0.5, 0.6) is 0 Å². The Kier molecular flexibility index (Phi) is 6.87. The second-order valence-corrected chi connectivity index (χ2v) is 8.52. The van der Waals surface area contributed by atoms with Gasteiger partial charge in [-0.1, -0.05) is 36.4 Å². The number of benzene rings is 2. The van der Waals surface area contributed by atoms with Gasteiger partial charge in [0.2, 0.25) is 11.8 Å². The van der Waals surface area contributed by atoms with Gasteiger partial charge in [-0.15, -0.1) is 0 Å². The Morgan fingerprint density at radius 3 is 2.15 bits per heavy atom. The summed E-state index contributed by atoms with van der Waals surface area (Å²) in [6, 6.07) is 14.6. The van der Waals surface area contributed by atoms with Gasteiger partial charge in [0.1, 0.15) is 5.82 Å². The molecule has 0 aliphatic carbocycles. The van der Waals surface area contributed by atoms with Crippen LogP contribution >= 0.6 is 0 Å². The molecule has 2 amide bonds. The molecular formula is C26H28FN3O3. The third kappa shape index (κ3) is 5.30. The number of aryl methyl sites for hydroxylation is 3. The number of amides is 2. The second-order valence-electron chi connectivity index (χ2n) is 8.52. The number of aromatic nitrogens is 1. The number of nitrogens with zero attached hydrogens (tertiary/aromatic N) is 2. The molecular weight excluding hydrogens is 421 g/mol. The molecule has 0 atom stereocenters. The summed E-state index contributed by atoms with van der Waals surface area (Å²) in [6.45, 7) is 3.91. The van der Waals surface area contributed by atoms with Crippen LogP contribution in [-0.2, 0) is 22.4 Å². The highest BCUT2D eigenvalue weighted by molar-refractivity contribution is 5.85. The highest BCUT2D eigenvalue weighted by atomic mass is 19.1. The molecule has 1 saturated heterocycles. The zero-order chi connectivity index (χ0) is 23.4. The SMILES string of the molecule is Cc1ccc(F)c2c(=O)[nH]c(CCC(=O)N3CCN(C(=O)CCc4ccccc4)CC3)cc12. The highest BCUT2D eigenvalue weighted by Gasteiger charge is 2.24. The Hall–Kier alpha value is -3.48. The maximum absolute atomic E-state index is 14.0. The predicted octanol–water partition coefficient (Wildman–Crippen LogP) is 3.21. The van der Waals surface area contributed by atoms with Gasteiger partial charge in [0.15, 0.2) is 0 Å². The van der Waals surface area contributed by atoms with Crippen molar-refractivity contribution >= 4 is 22.6 Å². The summed E-state index contributed by atoms with van der Waals surface area (Å²) in [5.41, 5.74) is 2.10. The molecule has 4 rings (SSSR count). The summed E-state index contributed by atoms with van der Waals surface area (Å²) in [5.74, 6) is -0.443. The minimum atomic E-state index is -0.546. The second kappa shape index (κ2) is 9.98. The molecule has 6 nitrogen and oxygen atoms in total. The lowest BCUT2D eigenvalue weighted by molar-refractivity contribution is -0.139. The van der Waals surface area contributed by atoms with E-state index in [1.165, 1.54) is 6.07 Å². The predicted molar refractivity (Wildman–Crippen MR) is 126 cm³/mol. The fourth-order valence-corrected chi connectivity index (χ4v) is 4.33. The summed E-state index contributed by atoms with van der Waals surface area (Å²) < 4.78 is 14.0. The Balaban J connectivity index is 1.28. The lowest BCUT2D eigenvalue weighted by atomic mass is 10.0. The number of H-pyrrole nitrogens is 1. The van der Waals surface area contributed by atoms with Crippen molar-refractivity contribution in [2.24, 2.45) is 0 Å². The summed E-state index contributed by atoms with van der Waals surface area (Å²) in [7, 11) is 0. The van der Waals surface area contributed by atoms with E-state index in [1.54, 1.807) is 17.0 Å². The van der Waals surface area contributed by atoms with Crippen molar-refractivity contribution < 1.29 is 14.0 Å². The van der Waals surface area contributed by atoms with Crippen molar-refractivity contribution in [2.45, 2.75) is 32.6 Å². The van der Waals surface area contributed by atoms with E-state index in [0.29, 0.717) is 56.5 Å². The summed E-state index contributed by atoms with van der Waals surface area (Å²) in [6.07, 6.45) is 1.80. The monoisotopic (exact) mass is 449 g/mol. The first-order chi connectivity index (χ1) is 15.9. The number of pyridine rings is 1. The van der Waals surface area contributed by atoms with E-state index in [4.69, 9.17) is 0 Å². The number of rotatable bonds is 6. The van der Waals surface area contributed by atoms with Crippen LogP contribution < -0.4 is 5.56 Å². The number of halogens is 1. The quantitative estimate of drug-likeness (QED) is 0.628. The van der Waals surface area contributed by atoms with E-state index < -0.39 is 11.4 Å². The summed E-state index contributed by atoms with van der Waals surface area (Å²) >= 11 is 0. The minimum absolute atomic E-state index is 0.0108. The van der Waals surface area contributed by atoms with E-state index in [9.17, 15) is 18.8 Å². The van der Waals surface area contributed by atoms with Crippen molar-refractivity contribution in [3.8, 4) is 0 Å². The van der Waals surface area contributed by atoms with Crippen molar-refractivity contribution in [2.75, 3.05) is 26.2 Å². The number of hydrogen-bond donors (Lipinski definition) is 1. The molecule has 0 unspecified atom stereocenters. The molecule has 33 heavy (non-hydrogen) atoms. The standard InChI is InChI=1S/C26H28FN3O3/c1-18-7-10-22(27)25-21(18)17-20(28-26(25)33)9-12-24(32)30-15-13-29(14-16-30)23(31)11-8-19-5-3-2-4-6-19/h2-7,10,17H,8-9,11-16H2,1H3,(H,28,33). The molecule has 1 aliphatic heterocycles. The fraction of sp³-hybridized carbons (Fsp3) is 0.346. The first-order valence-corrected chi connectivity index (χ1v) is 11.3. The third-order valence-electron chi connectivity index (χ3n) is 6.30. The Bertz CT molecular complexity index is 1210. The molecule has 1 N–H and O–H groups in total. The highest BCUT2D eigenvalue weighted by Crippen LogP contribution is 2.19. The van der Waals surface area contributed by atoms with Gasteiger partial charge in [0.05, 0.1) is 5.39 Å². The average molecular weight is 450 g/mol. The first kappa shape index (κ1) is 22.7. The first-order valence-electron chi connectivity index (χ1n) is 11.3. The Labute approximate surface area is 192 Å². The van der Waals surface area contributed by atoms with Crippen LogP contribution in [0.4, 0.5) is 4.39 Å². The summed E-state index contributed by atoms with van der Waals surface area (Å²) in [4.78, 5) is 43.8. The van der Waals surface area contributed by atoms with Gasteiger partial charge in [-0.3, -0.25) is 14.4 Å². The Morgan fingerprint density at radius 1 is 0.909 bits per heavy atom. The third-order valence-corrected chi connectivity index (χ3v) is 6.30. The largest absolute Gasteiger partial charge is 0.339 e. The van der Waals surface area contributed by atoms with Crippen molar-refractivity contribution in [1.82, 2.24) is 14.8 Å². The molecule has 1 aromatic heterocycles. The number of carbonyl (C=O) groups excluding carboxylic acids is 2. The molecule has 3 aromatic rings. The zero-order valence-corrected chi connectivity index (χ0v) is 18.8. The van der Waals surface area contributed by atoms with Gasteiger partial charge in [0.25, 0.3) is 5.56 Å². The van der Waals surface area contributed by atoms with E-state index in [1.807, 2.05) is 42.2 Å². The lowest BCUT2D eigenvalue weighted by Gasteiger charge is -2.35. The number of piperazine rings is 1. The van der Waals surface area contributed by atoms with Crippen LogP contribution in [0.15, 0.2) is 53.3 Å². The normalized spacial score (nSPS) is 14.0. The van der Waals surface area contributed by atoms with Gasteiger partial charge in [-0.25, -0.2) is 4.39 Å². The maximum Gasteiger partial charge on any atom is 0.259 e. The maximum atomic E-state index is 14.0. The number of aromatic amines is 1. The van der Waals surface area contributed by atoms with Crippen LogP contribution in [0, 0.1) is 12.7 Å². The van der Waals surface area contributed by atoms with Gasteiger partial charge >= 0.3 is 0 Å². The van der Waals surface area contributed by atoms with E-state index in [0.717, 1.165) is 11.1 Å². The molecule has 0 spiro atoms. The number of fused-ring (bicyclic) bond motifs is 1. The summed E-state index contributed by atoms with van der Waals surface area (Å²) in [5, 5.41) is 0.627. The minimum Gasteiger partial charge on any atom is -0.339 e. The molecule has 2 aromatic carbocycles. The van der Waals surface area contributed by atoms with E-state index in [2.05, 4.69) is 4.98 Å². The van der Waals surface area contributed by atoms with Gasteiger partial charge in [-0.05, 0) is 48.4 Å². The van der Waals surface area contributed by atoms with Crippen molar-refractivity contribution in [3.05, 3.63) is 81.5 Å². The van der Waals surface area contributed by atoms with Crippen molar-refractivity contribution in [1.29, 1.82) is 0 Å². The zero-order valence-electron chi connectivity index (χ0n) is 18.8. The molecule has 1 fully saturated rings. The van der Waals surface area contributed by atoms with Crippen LogP contribution in [0.2, 0.25) is 0 Å². The van der Waals surface area contributed by atoms with Gasteiger partial charge in [-0.2, -0.15) is 0 Å². The van der Waals surface area contributed by atoms with Crippen LogP contribution in [0.3, 0.4) is 0 Å².